The summed E-state index contributed by atoms with van der Waals surface area (Å²) in [6, 6.07) is 11.5. The number of fused-ring (bicyclic) bond motifs is 1. The lowest BCUT2D eigenvalue weighted by atomic mass is 10.1. The molecule has 0 atom stereocenters. The smallest absolute Gasteiger partial charge is 0.251 e. The highest BCUT2D eigenvalue weighted by Crippen LogP contribution is 2.26. The Kier molecular flexibility index (Phi) is 4.34. The van der Waals surface area contributed by atoms with Gasteiger partial charge in [-0.05, 0) is 36.6 Å². The van der Waals surface area contributed by atoms with Crippen LogP contribution in [0.2, 0.25) is 0 Å². The standard InChI is InChI=1S/C17H17N3OS/c1-12-2-4-13(5-3-12)17(21)20-10-9-19-14-6-8-18-15-7-11-22-16(14)15/h2-8,11H,9-10H2,1H3,(H,18,19)(H,20,21). The minimum atomic E-state index is -0.0437. The summed E-state index contributed by atoms with van der Waals surface area (Å²) in [5.74, 6) is -0.0437. The minimum absolute atomic E-state index is 0.0437. The van der Waals surface area contributed by atoms with Crippen molar-refractivity contribution in [3.8, 4) is 0 Å². The van der Waals surface area contributed by atoms with Gasteiger partial charge in [-0.1, -0.05) is 17.7 Å². The number of aromatic nitrogens is 1. The number of nitrogens with one attached hydrogen (secondary N) is 2. The van der Waals surface area contributed by atoms with Crippen molar-refractivity contribution in [3.63, 3.8) is 0 Å². The molecule has 0 unspecified atom stereocenters. The molecule has 0 spiro atoms. The third kappa shape index (κ3) is 3.26. The first kappa shape index (κ1) is 14.5. The average molecular weight is 311 g/mol. The first-order valence-corrected chi connectivity index (χ1v) is 8.03. The van der Waals surface area contributed by atoms with Crippen LogP contribution in [0.1, 0.15) is 15.9 Å². The fourth-order valence-corrected chi connectivity index (χ4v) is 3.03. The van der Waals surface area contributed by atoms with E-state index >= 15 is 0 Å². The SMILES string of the molecule is Cc1ccc(C(=O)NCCNc2ccnc3ccsc23)cc1. The number of nitrogens with zero attached hydrogens (tertiary/aromatic N) is 1. The highest BCUT2D eigenvalue weighted by Gasteiger charge is 2.05. The Labute approximate surface area is 133 Å². The summed E-state index contributed by atoms with van der Waals surface area (Å²) < 4.78 is 1.15. The molecular formula is C17H17N3OS. The summed E-state index contributed by atoms with van der Waals surface area (Å²) in [7, 11) is 0. The minimum Gasteiger partial charge on any atom is -0.382 e. The van der Waals surface area contributed by atoms with Gasteiger partial charge in [0.15, 0.2) is 0 Å². The number of pyridine rings is 1. The number of hydrogen-bond donors (Lipinski definition) is 2. The van der Waals surface area contributed by atoms with Crippen molar-refractivity contribution in [1.82, 2.24) is 10.3 Å². The fraction of sp³-hybridized carbons (Fsp3) is 0.176. The van der Waals surface area contributed by atoms with Crippen LogP contribution in [0.25, 0.3) is 10.2 Å². The molecule has 2 heterocycles. The molecule has 2 N–H and O–H groups in total. The Bertz CT molecular complexity index is 780. The van der Waals surface area contributed by atoms with E-state index in [0.717, 1.165) is 21.5 Å². The summed E-state index contributed by atoms with van der Waals surface area (Å²) in [6.45, 7) is 3.25. The molecule has 2 aromatic heterocycles. The number of anilines is 1. The molecule has 4 nitrogen and oxygen atoms in total. The average Bonchev–Trinajstić information content (AvgIpc) is 3.01. The number of carbonyl (C=O) groups excluding carboxylic acids is 1. The van der Waals surface area contributed by atoms with Crippen LogP contribution < -0.4 is 10.6 Å². The molecule has 22 heavy (non-hydrogen) atoms. The van der Waals surface area contributed by atoms with E-state index in [-0.39, 0.29) is 5.91 Å². The Morgan fingerprint density at radius 1 is 1.14 bits per heavy atom. The number of amides is 1. The Morgan fingerprint density at radius 3 is 2.77 bits per heavy atom. The lowest BCUT2D eigenvalue weighted by Gasteiger charge is -2.09. The monoisotopic (exact) mass is 311 g/mol. The van der Waals surface area contributed by atoms with Gasteiger partial charge >= 0.3 is 0 Å². The van der Waals surface area contributed by atoms with Crippen LogP contribution in [0.3, 0.4) is 0 Å². The topological polar surface area (TPSA) is 54.0 Å². The second-order valence-electron chi connectivity index (χ2n) is 5.04. The maximum atomic E-state index is 12.0. The van der Waals surface area contributed by atoms with E-state index in [1.165, 1.54) is 0 Å². The zero-order valence-electron chi connectivity index (χ0n) is 12.3. The third-order valence-electron chi connectivity index (χ3n) is 3.38. The van der Waals surface area contributed by atoms with Gasteiger partial charge in [0.1, 0.15) is 0 Å². The summed E-state index contributed by atoms with van der Waals surface area (Å²) >= 11 is 1.66. The summed E-state index contributed by atoms with van der Waals surface area (Å²) in [5, 5.41) is 8.29. The number of carbonyl (C=O) groups is 1. The molecule has 0 aliphatic rings. The third-order valence-corrected chi connectivity index (χ3v) is 4.32. The van der Waals surface area contributed by atoms with Gasteiger partial charge in [-0.15, -0.1) is 11.3 Å². The van der Waals surface area contributed by atoms with Crippen LogP contribution in [0.15, 0.2) is 48.0 Å². The second kappa shape index (κ2) is 6.58. The van der Waals surface area contributed by atoms with E-state index in [1.807, 2.05) is 48.7 Å². The van der Waals surface area contributed by atoms with Gasteiger partial charge < -0.3 is 10.6 Å². The predicted molar refractivity (Wildman–Crippen MR) is 91.6 cm³/mol. The molecule has 0 saturated carbocycles. The number of aryl methyl sites for hydroxylation is 1. The van der Waals surface area contributed by atoms with E-state index in [2.05, 4.69) is 15.6 Å². The van der Waals surface area contributed by atoms with Crippen molar-refractivity contribution in [2.24, 2.45) is 0 Å². The van der Waals surface area contributed by atoms with Crippen LogP contribution in [-0.2, 0) is 0 Å². The maximum Gasteiger partial charge on any atom is 0.251 e. The van der Waals surface area contributed by atoms with Gasteiger partial charge in [-0.3, -0.25) is 9.78 Å². The normalized spacial score (nSPS) is 10.6. The van der Waals surface area contributed by atoms with Crippen LogP contribution in [0.4, 0.5) is 5.69 Å². The van der Waals surface area contributed by atoms with Gasteiger partial charge in [0, 0.05) is 24.8 Å². The van der Waals surface area contributed by atoms with Gasteiger partial charge in [-0.2, -0.15) is 0 Å². The lowest BCUT2D eigenvalue weighted by molar-refractivity contribution is 0.0955. The van der Waals surface area contributed by atoms with Gasteiger partial charge in [0.25, 0.3) is 5.91 Å². The molecule has 0 aliphatic carbocycles. The highest BCUT2D eigenvalue weighted by atomic mass is 32.1. The van der Waals surface area contributed by atoms with Crippen LogP contribution in [-0.4, -0.2) is 24.0 Å². The summed E-state index contributed by atoms with van der Waals surface area (Å²) in [6.07, 6.45) is 1.79. The van der Waals surface area contributed by atoms with Crippen LogP contribution >= 0.6 is 11.3 Å². The van der Waals surface area contributed by atoms with Gasteiger partial charge in [0.05, 0.1) is 15.9 Å². The van der Waals surface area contributed by atoms with Crippen LogP contribution in [0.5, 0.6) is 0 Å². The van der Waals surface area contributed by atoms with E-state index < -0.39 is 0 Å². The molecule has 3 rings (SSSR count). The van der Waals surface area contributed by atoms with Crippen molar-refractivity contribution < 1.29 is 4.79 Å². The van der Waals surface area contributed by atoms with E-state index in [4.69, 9.17) is 0 Å². The van der Waals surface area contributed by atoms with Crippen molar-refractivity contribution in [3.05, 3.63) is 59.1 Å². The molecule has 5 heteroatoms. The lowest BCUT2D eigenvalue weighted by Crippen LogP contribution is -2.28. The Hall–Kier alpha value is -2.40. The zero-order chi connectivity index (χ0) is 15.4. The molecule has 112 valence electrons. The quantitative estimate of drug-likeness (QED) is 0.710. The van der Waals surface area contributed by atoms with E-state index in [1.54, 1.807) is 17.5 Å². The predicted octanol–water partition coefficient (Wildman–Crippen LogP) is 3.45. The molecule has 0 aliphatic heterocycles. The van der Waals surface area contributed by atoms with Crippen molar-refractivity contribution >= 4 is 33.1 Å². The first-order chi connectivity index (χ1) is 10.7. The van der Waals surface area contributed by atoms with Crippen molar-refractivity contribution in [2.75, 3.05) is 18.4 Å². The molecule has 0 bridgehead atoms. The first-order valence-electron chi connectivity index (χ1n) is 7.15. The maximum absolute atomic E-state index is 12.0. The highest BCUT2D eigenvalue weighted by molar-refractivity contribution is 7.17. The molecule has 0 fully saturated rings. The molecule has 0 radical (unpaired) electrons. The molecule has 0 saturated heterocycles. The van der Waals surface area contributed by atoms with Crippen molar-refractivity contribution in [2.45, 2.75) is 6.92 Å². The second-order valence-corrected chi connectivity index (χ2v) is 5.96. The number of thiophene rings is 1. The fourth-order valence-electron chi connectivity index (χ4n) is 2.19. The molecule has 1 amide bonds. The summed E-state index contributed by atoms with van der Waals surface area (Å²) in [4.78, 5) is 16.3. The number of rotatable bonds is 5. The largest absolute Gasteiger partial charge is 0.382 e. The molecular weight excluding hydrogens is 294 g/mol. The van der Waals surface area contributed by atoms with Gasteiger partial charge in [0.2, 0.25) is 0 Å². The van der Waals surface area contributed by atoms with E-state index in [0.29, 0.717) is 18.7 Å². The number of benzene rings is 1. The molecule has 1 aromatic carbocycles. The summed E-state index contributed by atoms with van der Waals surface area (Å²) in [5.41, 5.74) is 3.90. The number of hydrogen-bond acceptors (Lipinski definition) is 4. The van der Waals surface area contributed by atoms with E-state index in [9.17, 15) is 4.79 Å². The zero-order valence-corrected chi connectivity index (χ0v) is 13.1. The van der Waals surface area contributed by atoms with Crippen LogP contribution in [0, 0.1) is 6.92 Å². The Morgan fingerprint density at radius 2 is 1.95 bits per heavy atom. The Balaban J connectivity index is 1.52. The molecule has 3 aromatic rings. The van der Waals surface area contributed by atoms with Gasteiger partial charge in [-0.25, -0.2) is 0 Å². The van der Waals surface area contributed by atoms with Crippen molar-refractivity contribution in [1.29, 1.82) is 0 Å².